The highest BCUT2D eigenvalue weighted by molar-refractivity contribution is 5.92. The number of esters is 1. The van der Waals surface area contributed by atoms with Gasteiger partial charge in [0.2, 0.25) is 0 Å². The van der Waals surface area contributed by atoms with Crippen LogP contribution < -0.4 is 5.32 Å². The van der Waals surface area contributed by atoms with Crippen molar-refractivity contribution in [2.75, 3.05) is 19.8 Å². The molecule has 1 atom stereocenters. The number of non-ortho nitro benzene ring substituents is 1. The first-order valence-corrected chi connectivity index (χ1v) is 8.60. The Hall–Kier alpha value is -3.27. The summed E-state index contributed by atoms with van der Waals surface area (Å²) < 4.78 is 10.3. The van der Waals surface area contributed by atoms with Gasteiger partial charge < -0.3 is 14.8 Å². The molecular weight excluding hydrogens is 370 g/mol. The Balaban J connectivity index is 2.50. The monoisotopic (exact) mass is 391 g/mol. The van der Waals surface area contributed by atoms with Crippen molar-refractivity contribution in [1.29, 1.82) is 0 Å². The summed E-state index contributed by atoms with van der Waals surface area (Å²) in [6.07, 6.45) is 0. The summed E-state index contributed by atoms with van der Waals surface area (Å²) in [5.41, 5.74) is 0.457. The van der Waals surface area contributed by atoms with Crippen molar-refractivity contribution < 1.29 is 24.1 Å². The third kappa shape index (κ3) is 4.52. The second-order valence-electron chi connectivity index (χ2n) is 6.05. The summed E-state index contributed by atoms with van der Waals surface area (Å²) in [5.74, 6) is -1.84. The number of nitro benzene ring substituents is 1. The molecule has 1 aromatic rings. The van der Waals surface area contributed by atoms with Crippen LogP contribution in [-0.4, -0.2) is 35.6 Å². The van der Waals surface area contributed by atoms with Gasteiger partial charge >= 0.3 is 5.97 Å². The van der Waals surface area contributed by atoms with Crippen LogP contribution in [0.4, 0.5) is 5.69 Å². The first-order valence-electron chi connectivity index (χ1n) is 8.60. The van der Waals surface area contributed by atoms with Crippen LogP contribution in [0.25, 0.3) is 0 Å². The van der Waals surface area contributed by atoms with Gasteiger partial charge in [-0.2, -0.15) is 0 Å². The van der Waals surface area contributed by atoms with E-state index in [-0.39, 0.29) is 41.4 Å². The smallest absolute Gasteiger partial charge is 0.337 e. The summed E-state index contributed by atoms with van der Waals surface area (Å²) in [5, 5.41) is 25.7. The number of ether oxygens (including phenoxy) is 2. The number of nitro groups is 2. The van der Waals surface area contributed by atoms with Crippen LogP contribution in [0.3, 0.4) is 0 Å². The first kappa shape index (κ1) is 21.0. The number of carbonyl (C=O) groups is 1. The summed E-state index contributed by atoms with van der Waals surface area (Å²) in [6.45, 7) is 5.56. The fourth-order valence-corrected chi connectivity index (χ4v) is 3.05. The Bertz CT molecular complexity index is 860. The van der Waals surface area contributed by atoms with E-state index in [2.05, 4.69) is 5.32 Å². The maximum absolute atomic E-state index is 12.7. The molecular formula is C18H21N3O7. The number of allylic oxidation sites excluding steroid dienone is 3. The van der Waals surface area contributed by atoms with Crippen LogP contribution >= 0.6 is 0 Å². The van der Waals surface area contributed by atoms with E-state index in [9.17, 15) is 25.0 Å². The molecule has 1 heterocycles. The van der Waals surface area contributed by atoms with Gasteiger partial charge in [-0.3, -0.25) is 20.2 Å². The van der Waals surface area contributed by atoms with Gasteiger partial charge in [0.15, 0.2) is 0 Å². The van der Waals surface area contributed by atoms with Crippen LogP contribution in [-0.2, 0) is 14.3 Å². The molecule has 0 aromatic heterocycles. The van der Waals surface area contributed by atoms with E-state index in [0.29, 0.717) is 12.3 Å². The fourth-order valence-electron chi connectivity index (χ4n) is 3.05. The number of benzene rings is 1. The lowest BCUT2D eigenvalue weighted by Crippen LogP contribution is -2.32. The summed E-state index contributed by atoms with van der Waals surface area (Å²) >= 11 is 0. The summed E-state index contributed by atoms with van der Waals surface area (Å²) in [6, 6.07) is 5.45. The third-order valence-electron chi connectivity index (χ3n) is 4.22. The average Bonchev–Trinajstić information content (AvgIpc) is 2.64. The largest absolute Gasteiger partial charge is 0.460 e. The molecule has 1 aromatic carbocycles. The van der Waals surface area contributed by atoms with Crippen molar-refractivity contribution in [3.63, 3.8) is 0 Å². The highest BCUT2D eigenvalue weighted by atomic mass is 16.6. The SMILES string of the molecule is CCOCCOC(=O)C1=C(C)NC(C)=C([N+](=O)[O-])C1c1cccc([N+](=O)[O-])c1. The topological polar surface area (TPSA) is 134 Å². The molecule has 0 radical (unpaired) electrons. The lowest BCUT2D eigenvalue weighted by Gasteiger charge is -2.26. The second kappa shape index (κ2) is 9.09. The summed E-state index contributed by atoms with van der Waals surface area (Å²) in [7, 11) is 0. The molecule has 1 aliphatic heterocycles. The maximum Gasteiger partial charge on any atom is 0.337 e. The molecule has 0 fully saturated rings. The molecule has 0 amide bonds. The van der Waals surface area contributed by atoms with Gasteiger partial charge in [0.1, 0.15) is 12.5 Å². The highest BCUT2D eigenvalue weighted by Gasteiger charge is 2.41. The first-order chi connectivity index (χ1) is 13.3. The van der Waals surface area contributed by atoms with Gasteiger partial charge in [-0.1, -0.05) is 12.1 Å². The third-order valence-corrected chi connectivity index (χ3v) is 4.22. The van der Waals surface area contributed by atoms with Crippen LogP contribution in [0.1, 0.15) is 32.3 Å². The number of hydrogen-bond acceptors (Lipinski definition) is 8. The van der Waals surface area contributed by atoms with Gasteiger partial charge in [-0.05, 0) is 26.3 Å². The van der Waals surface area contributed by atoms with E-state index >= 15 is 0 Å². The molecule has 0 bridgehead atoms. The van der Waals surface area contributed by atoms with Gasteiger partial charge in [-0.15, -0.1) is 0 Å². The van der Waals surface area contributed by atoms with Gasteiger partial charge in [0, 0.05) is 24.4 Å². The van der Waals surface area contributed by atoms with Gasteiger partial charge in [0.05, 0.1) is 27.7 Å². The van der Waals surface area contributed by atoms with Gasteiger partial charge in [-0.25, -0.2) is 4.79 Å². The molecule has 0 spiro atoms. The quantitative estimate of drug-likeness (QED) is 0.309. The number of carbonyl (C=O) groups excluding carboxylic acids is 1. The lowest BCUT2D eigenvalue weighted by molar-refractivity contribution is -0.431. The Morgan fingerprint density at radius 3 is 2.46 bits per heavy atom. The van der Waals surface area contributed by atoms with Crippen molar-refractivity contribution in [1.82, 2.24) is 5.32 Å². The molecule has 0 saturated carbocycles. The predicted octanol–water partition coefficient (Wildman–Crippen LogP) is 2.64. The molecule has 1 N–H and O–H groups in total. The number of hydrogen-bond donors (Lipinski definition) is 1. The second-order valence-corrected chi connectivity index (χ2v) is 6.05. The van der Waals surface area contributed by atoms with E-state index in [1.165, 1.54) is 31.2 Å². The fraction of sp³-hybridized carbons (Fsp3) is 0.389. The molecule has 28 heavy (non-hydrogen) atoms. The zero-order valence-corrected chi connectivity index (χ0v) is 15.8. The molecule has 0 saturated heterocycles. The van der Waals surface area contributed by atoms with E-state index < -0.39 is 21.7 Å². The van der Waals surface area contributed by atoms with Crippen LogP contribution in [0.5, 0.6) is 0 Å². The lowest BCUT2D eigenvalue weighted by atomic mass is 9.84. The summed E-state index contributed by atoms with van der Waals surface area (Å²) in [4.78, 5) is 34.4. The van der Waals surface area contributed by atoms with Crippen molar-refractivity contribution in [2.45, 2.75) is 26.7 Å². The average molecular weight is 391 g/mol. The molecule has 0 aliphatic carbocycles. The molecule has 10 heteroatoms. The van der Waals surface area contributed by atoms with Crippen LogP contribution in [0.2, 0.25) is 0 Å². The Kier molecular flexibility index (Phi) is 6.83. The molecule has 1 aliphatic rings. The van der Waals surface area contributed by atoms with Crippen molar-refractivity contribution >= 4 is 11.7 Å². The standard InChI is InChI=1S/C18H21N3O7/c1-4-27-8-9-28-18(22)15-11(2)19-12(3)17(21(25)26)16(15)13-6-5-7-14(10-13)20(23)24/h5-7,10,16,19H,4,8-9H2,1-3H3. The minimum absolute atomic E-state index is 0.0123. The van der Waals surface area contributed by atoms with Crippen LogP contribution in [0, 0.1) is 20.2 Å². The molecule has 2 rings (SSSR count). The molecule has 150 valence electrons. The molecule has 10 nitrogen and oxygen atoms in total. The predicted molar refractivity (Wildman–Crippen MR) is 98.8 cm³/mol. The van der Waals surface area contributed by atoms with Crippen molar-refractivity contribution in [3.05, 3.63) is 72.7 Å². The molecule has 1 unspecified atom stereocenters. The highest BCUT2D eigenvalue weighted by Crippen LogP contribution is 2.39. The Morgan fingerprint density at radius 1 is 1.14 bits per heavy atom. The number of nitrogens with one attached hydrogen (secondary N) is 1. The zero-order chi connectivity index (χ0) is 20.8. The van der Waals surface area contributed by atoms with E-state index in [1.807, 2.05) is 0 Å². The number of rotatable bonds is 8. The minimum atomic E-state index is -1.10. The van der Waals surface area contributed by atoms with E-state index in [4.69, 9.17) is 9.47 Å². The van der Waals surface area contributed by atoms with E-state index in [0.717, 1.165) is 0 Å². The zero-order valence-electron chi connectivity index (χ0n) is 15.8. The normalized spacial score (nSPS) is 16.6. The Morgan fingerprint density at radius 2 is 1.86 bits per heavy atom. The van der Waals surface area contributed by atoms with Crippen molar-refractivity contribution in [3.8, 4) is 0 Å². The van der Waals surface area contributed by atoms with E-state index in [1.54, 1.807) is 13.8 Å². The van der Waals surface area contributed by atoms with Crippen LogP contribution in [0.15, 0.2) is 46.9 Å². The maximum atomic E-state index is 12.7. The number of dihydropyridines is 1. The number of nitrogens with zero attached hydrogens (tertiary/aromatic N) is 2. The minimum Gasteiger partial charge on any atom is -0.460 e. The van der Waals surface area contributed by atoms with Crippen molar-refractivity contribution in [2.24, 2.45) is 0 Å². The Labute approximate surface area is 161 Å². The van der Waals surface area contributed by atoms with Gasteiger partial charge in [0.25, 0.3) is 11.4 Å².